The maximum absolute atomic E-state index is 13.1. The quantitative estimate of drug-likeness (QED) is 0.527. The molecule has 2 rings (SSSR count). The Balaban J connectivity index is 2.07. The first kappa shape index (κ1) is 17.2. The molecular formula is C21H32O. The van der Waals surface area contributed by atoms with Crippen molar-refractivity contribution in [2.24, 2.45) is 11.8 Å². The zero-order valence-electron chi connectivity index (χ0n) is 14.4. The second kappa shape index (κ2) is 9.12. The van der Waals surface area contributed by atoms with Crippen molar-refractivity contribution in [1.82, 2.24) is 0 Å². The van der Waals surface area contributed by atoms with Gasteiger partial charge in [-0.15, -0.1) is 0 Å². The van der Waals surface area contributed by atoms with Gasteiger partial charge in [-0.25, -0.2) is 0 Å². The van der Waals surface area contributed by atoms with Gasteiger partial charge in [0.2, 0.25) is 0 Å². The SMILES string of the molecule is CCCCCC(CC)C(=O)[C@@H]1CCCC[C@H]1c1ccccc1. The summed E-state index contributed by atoms with van der Waals surface area (Å²) in [5.74, 6) is 1.58. The average molecular weight is 300 g/mol. The van der Waals surface area contributed by atoms with E-state index in [1.165, 1.54) is 44.1 Å². The van der Waals surface area contributed by atoms with E-state index in [2.05, 4.69) is 44.2 Å². The van der Waals surface area contributed by atoms with Crippen LogP contribution < -0.4 is 0 Å². The number of benzene rings is 1. The molecule has 1 nitrogen and oxygen atoms in total. The van der Waals surface area contributed by atoms with Gasteiger partial charge in [0.05, 0.1) is 0 Å². The summed E-state index contributed by atoms with van der Waals surface area (Å²) in [4.78, 5) is 13.1. The van der Waals surface area contributed by atoms with Crippen LogP contribution in [0.25, 0.3) is 0 Å². The minimum absolute atomic E-state index is 0.266. The maximum Gasteiger partial charge on any atom is 0.139 e. The molecule has 0 spiro atoms. The molecule has 22 heavy (non-hydrogen) atoms. The molecule has 3 atom stereocenters. The zero-order chi connectivity index (χ0) is 15.8. The van der Waals surface area contributed by atoms with E-state index in [-0.39, 0.29) is 5.92 Å². The highest BCUT2D eigenvalue weighted by atomic mass is 16.1. The molecule has 0 amide bonds. The maximum atomic E-state index is 13.1. The Labute approximate surface area is 136 Å². The van der Waals surface area contributed by atoms with Crippen LogP contribution in [0.15, 0.2) is 30.3 Å². The predicted octanol–water partition coefficient (Wildman–Crippen LogP) is 6.14. The van der Waals surface area contributed by atoms with Crippen LogP contribution >= 0.6 is 0 Å². The Hall–Kier alpha value is -1.11. The van der Waals surface area contributed by atoms with Crippen molar-refractivity contribution >= 4 is 5.78 Å². The lowest BCUT2D eigenvalue weighted by Gasteiger charge is -2.33. The van der Waals surface area contributed by atoms with E-state index in [0.717, 1.165) is 19.3 Å². The Morgan fingerprint density at radius 1 is 1.09 bits per heavy atom. The number of hydrogen-bond donors (Lipinski definition) is 0. The molecule has 1 unspecified atom stereocenters. The van der Waals surface area contributed by atoms with Gasteiger partial charge in [-0.2, -0.15) is 0 Å². The first-order valence-electron chi connectivity index (χ1n) is 9.36. The van der Waals surface area contributed by atoms with E-state index >= 15 is 0 Å². The number of rotatable bonds is 8. The lowest BCUT2D eigenvalue weighted by Crippen LogP contribution is -2.30. The van der Waals surface area contributed by atoms with E-state index in [1.54, 1.807) is 0 Å². The predicted molar refractivity (Wildman–Crippen MR) is 94.1 cm³/mol. The summed E-state index contributed by atoms with van der Waals surface area (Å²) in [6.07, 6.45) is 10.6. The second-order valence-electron chi connectivity index (χ2n) is 6.91. The summed E-state index contributed by atoms with van der Waals surface area (Å²) in [5.41, 5.74) is 1.38. The van der Waals surface area contributed by atoms with Crippen LogP contribution in [0.4, 0.5) is 0 Å². The molecule has 1 aliphatic rings. The van der Waals surface area contributed by atoms with E-state index in [9.17, 15) is 4.79 Å². The normalized spacial score (nSPS) is 23.2. The first-order valence-corrected chi connectivity index (χ1v) is 9.36. The van der Waals surface area contributed by atoms with Crippen LogP contribution in [0.5, 0.6) is 0 Å². The van der Waals surface area contributed by atoms with Gasteiger partial charge in [0.1, 0.15) is 5.78 Å². The minimum Gasteiger partial charge on any atom is -0.299 e. The monoisotopic (exact) mass is 300 g/mol. The fourth-order valence-electron chi connectivity index (χ4n) is 4.06. The van der Waals surface area contributed by atoms with Gasteiger partial charge in [0.15, 0.2) is 0 Å². The van der Waals surface area contributed by atoms with Crippen molar-refractivity contribution in [2.45, 2.75) is 77.6 Å². The summed E-state index contributed by atoms with van der Waals surface area (Å²) >= 11 is 0. The van der Waals surface area contributed by atoms with Crippen LogP contribution in [-0.4, -0.2) is 5.78 Å². The highest BCUT2D eigenvalue weighted by Crippen LogP contribution is 2.40. The van der Waals surface area contributed by atoms with Gasteiger partial charge < -0.3 is 0 Å². The number of carbonyl (C=O) groups excluding carboxylic acids is 1. The summed E-state index contributed by atoms with van der Waals surface area (Å²) in [6, 6.07) is 10.7. The molecule has 1 heteroatoms. The molecule has 1 aromatic rings. The molecule has 0 saturated heterocycles. The van der Waals surface area contributed by atoms with Crippen LogP contribution in [0.2, 0.25) is 0 Å². The van der Waals surface area contributed by atoms with Crippen molar-refractivity contribution in [1.29, 1.82) is 0 Å². The highest BCUT2D eigenvalue weighted by molar-refractivity contribution is 5.84. The van der Waals surface area contributed by atoms with Gasteiger partial charge in [-0.05, 0) is 37.2 Å². The Bertz CT molecular complexity index is 436. The summed E-state index contributed by atoms with van der Waals surface area (Å²) in [6.45, 7) is 4.42. The van der Waals surface area contributed by atoms with E-state index in [4.69, 9.17) is 0 Å². The third kappa shape index (κ3) is 4.44. The van der Waals surface area contributed by atoms with Crippen molar-refractivity contribution < 1.29 is 4.79 Å². The summed E-state index contributed by atoms with van der Waals surface area (Å²) in [7, 11) is 0. The molecule has 1 aliphatic carbocycles. The van der Waals surface area contributed by atoms with Crippen LogP contribution in [-0.2, 0) is 4.79 Å². The molecule has 122 valence electrons. The Kier molecular flexibility index (Phi) is 7.15. The first-order chi connectivity index (χ1) is 10.8. The van der Waals surface area contributed by atoms with Gasteiger partial charge in [0, 0.05) is 11.8 Å². The van der Waals surface area contributed by atoms with Gasteiger partial charge in [-0.3, -0.25) is 4.79 Å². The molecule has 0 N–H and O–H groups in total. The molecule has 0 heterocycles. The Morgan fingerprint density at radius 2 is 1.82 bits per heavy atom. The third-order valence-corrected chi connectivity index (χ3v) is 5.41. The van der Waals surface area contributed by atoms with Crippen molar-refractivity contribution in [3.05, 3.63) is 35.9 Å². The Morgan fingerprint density at radius 3 is 2.50 bits per heavy atom. The number of unbranched alkanes of at least 4 members (excludes halogenated alkanes) is 2. The molecule has 1 fully saturated rings. The van der Waals surface area contributed by atoms with Gasteiger partial charge >= 0.3 is 0 Å². The second-order valence-corrected chi connectivity index (χ2v) is 6.91. The molecule has 0 radical (unpaired) electrons. The number of carbonyl (C=O) groups is 1. The molecule has 0 aliphatic heterocycles. The molecule has 0 aromatic heterocycles. The number of ketones is 1. The van der Waals surface area contributed by atoms with Crippen molar-refractivity contribution in [3.63, 3.8) is 0 Å². The fourth-order valence-corrected chi connectivity index (χ4v) is 4.06. The van der Waals surface area contributed by atoms with Gasteiger partial charge in [0.25, 0.3) is 0 Å². The van der Waals surface area contributed by atoms with Crippen LogP contribution in [0, 0.1) is 11.8 Å². The van der Waals surface area contributed by atoms with Crippen LogP contribution in [0.3, 0.4) is 0 Å². The van der Waals surface area contributed by atoms with E-state index in [1.807, 2.05) is 0 Å². The molecule has 1 saturated carbocycles. The summed E-state index contributed by atoms with van der Waals surface area (Å²) in [5, 5.41) is 0. The topological polar surface area (TPSA) is 17.1 Å². The smallest absolute Gasteiger partial charge is 0.139 e. The van der Waals surface area contributed by atoms with Crippen molar-refractivity contribution in [3.8, 4) is 0 Å². The zero-order valence-corrected chi connectivity index (χ0v) is 14.4. The fraction of sp³-hybridized carbons (Fsp3) is 0.667. The standard InChI is InChI=1S/C21H32O/c1-3-5-7-12-17(4-2)21(22)20-16-11-10-15-19(20)18-13-8-6-9-14-18/h6,8-9,13-14,17,19-20H,3-5,7,10-12,15-16H2,1-2H3/t17?,19-,20+/m0/s1. The third-order valence-electron chi connectivity index (χ3n) is 5.41. The lowest BCUT2D eigenvalue weighted by atomic mass is 9.70. The number of hydrogen-bond acceptors (Lipinski definition) is 1. The highest BCUT2D eigenvalue weighted by Gasteiger charge is 2.34. The van der Waals surface area contributed by atoms with Crippen molar-refractivity contribution in [2.75, 3.05) is 0 Å². The van der Waals surface area contributed by atoms with Crippen LogP contribution in [0.1, 0.15) is 83.1 Å². The molecular weight excluding hydrogens is 268 g/mol. The molecule has 0 bridgehead atoms. The lowest BCUT2D eigenvalue weighted by molar-refractivity contribution is -0.128. The van der Waals surface area contributed by atoms with E-state index in [0.29, 0.717) is 17.6 Å². The average Bonchev–Trinajstić information content (AvgIpc) is 2.59. The number of Topliss-reactive ketones (excluding diaryl/α,β-unsaturated/α-hetero) is 1. The molecule has 1 aromatic carbocycles. The van der Waals surface area contributed by atoms with E-state index < -0.39 is 0 Å². The summed E-state index contributed by atoms with van der Waals surface area (Å²) < 4.78 is 0. The minimum atomic E-state index is 0.266. The largest absolute Gasteiger partial charge is 0.299 e. The van der Waals surface area contributed by atoms with Gasteiger partial charge in [-0.1, -0.05) is 76.3 Å².